The first kappa shape index (κ1) is 8.44. The third-order valence-corrected chi connectivity index (χ3v) is 2.00. The summed E-state index contributed by atoms with van der Waals surface area (Å²) in [6.07, 6.45) is 0. The fourth-order valence-electron chi connectivity index (χ4n) is 0.971. The minimum atomic E-state index is 0.620. The van der Waals surface area contributed by atoms with Crippen LogP contribution in [-0.2, 0) is 9.47 Å². The molecule has 4 heteroatoms. The Hall–Kier alpha value is -0.160. The standard InChI is InChI=1S/C8H16N2O2/c1(11-5-7-3-9-7)2-12-6-8-4-10-8/h7-10H,1-6H2. The minimum absolute atomic E-state index is 0.620. The molecule has 2 N–H and O–H groups in total. The molecule has 2 fully saturated rings. The number of hydrogen-bond acceptors (Lipinski definition) is 4. The molecule has 2 heterocycles. The molecule has 0 saturated carbocycles. The summed E-state index contributed by atoms with van der Waals surface area (Å²) in [4.78, 5) is 0. The van der Waals surface area contributed by atoms with Gasteiger partial charge in [0.2, 0.25) is 0 Å². The summed E-state index contributed by atoms with van der Waals surface area (Å²) in [5, 5.41) is 6.36. The van der Waals surface area contributed by atoms with E-state index >= 15 is 0 Å². The van der Waals surface area contributed by atoms with Gasteiger partial charge in [-0.25, -0.2) is 0 Å². The highest BCUT2D eigenvalue weighted by Crippen LogP contribution is 1.98. The summed E-state index contributed by atoms with van der Waals surface area (Å²) in [6, 6.07) is 1.24. The van der Waals surface area contributed by atoms with Crippen LogP contribution in [0.4, 0.5) is 0 Å². The molecule has 0 aliphatic carbocycles. The molecule has 0 aromatic carbocycles. The maximum absolute atomic E-state index is 5.35. The maximum atomic E-state index is 5.35. The Bertz CT molecular complexity index is 119. The zero-order chi connectivity index (χ0) is 8.23. The van der Waals surface area contributed by atoms with E-state index in [9.17, 15) is 0 Å². The maximum Gasteiger partial charge on any atom is 0.0701 e. The monoisotopic (exact) mass is 172 g/mol. The Morgan fingerprint density at radius 2 is 1.33 bits per heavy atom. The number of hydrogen-bond donors (Lipinski definition) is 2. The number of nitrogens with one attached hydrogen (secondary N) is 2. The molecule has 0 bridgehead atoms. The molecule has 0 radical (unpaired) electrons. The van der Waals surface area contributed by atoms with Gasteiger partial charge in [0.1, 0.15) is 0 Å². The summed E-state index contributed by atoms with van der Waals surface area (Å²) in [5.74, 6) is 0. The zero-order valence-corrected chi connectivity index (χ0v) is 7.21. The first-order chi connectivity index (χ1) is 5.95. The second kappa shape index (κ2) is 4.18. The Balaban J connectivity index is 1.31. The van der Waals surface area contributed by atoms with E-state index < -0.39 is 0 Å². The summed E-state index contributed by atoms with van der Waals surface area (Å²) in [7, 11) is 0. The van der Waals surface area contributed by atoms with E-state index in [1.54, 1.807) is 0 Å². The van der Waals surface area contributed by atoms with Gasteiger partial charge in [-0.3, -0.25) is 0 Å². The molecule has 0 aromatic heterocycles. The lowest BCUT2D eigenvalue weighted by Gasteiger charge is -2.03. The van der Waals surface area contributed by atoms with Crippen LogP contribution in [0, 0.1) is 0 Å². The second-order valence-corrected chi connectivity index (χ2v) is 3.36. The zero-order valence-electron chi connectivity index (χ0n) is 7.21. The average Bonchev–Trinajstić information content (AvgIpc) is 2.89. The van der Waals surface area contributed by atoms with Gasteiger partial charge in [0.15, 0.2) is 0 Å². The van der Waals surface area contributed by atoms with Gasteiger partial charge >= 0.3 is 0 Å². The third kappa shape index (κ3) is 3.49. The molecule has 2 aliphatic rings. The van der Waals surface area contributed by atoms with Crippen LogP contribution >= 0.6 is 0 Å². The van der Waals surface area contributed by atoms with Crippen molar-refractivity contribution in [2.45, 2.75) is 12.1 Å². The van der Waals surface area contributed by atoms with Gasteiger partial charge in [-0.2, -0.15) is 0 Å². The van der Waals surface area contributed by atoms with Crippen molar-refractivity contribution < 1.29 is 9.47 Å². The molecule has 2 saturated heterocycles. The quantitative estimate of drug-likeness (QED) is 0.380. The van der Waals surface area contributed by atoms with Crippen LogP contribution in [0.25, 0.3) is 0 Å². The fourth-order valence-corrected chi connectivity index (χ4v) is 0.971. The summed E-state index contributed by atoms with van der Waals surface area (Å²) >= 11 is 0. The van der Waals surface area contributed by atoms with E-state index in [1.165, 1.54) is 0 Å². The molecule has 0 aromatic rings. The predicted molar refractivity (Wildman–Crippen MR) is 45.2 cm³/mol. The highest BCUT2D eigenvalue weighted by Gasteiger charge is 2.20. The highest BCUT2D eigenvalue weighted by atomic mass is 16.5. The van der Waals surface area contributed by atoms with E-state index in [-0.39, 0.29) is 0 Å². The molecule has 4 nitrogen and oxygen atoms in total. The van der Waals surface area contributed by atoms with Gasteiger partial charge in [-0.1, -0.05) is 0 Å². The summed E-state index contributed by atoms with van der Waals surface area (Å²) in [5.41, 5.74) is 0. The van der Waals surface area contributed by atoms with Crippen molar-refractivity contribution in [3.05, 3.63) is 0 Å². The summed E-state index contributed by atoms with van der Waals surface area (Å²) in [6.45, 7) is 5.37. The van der Waals surface area contributed by atoms with Crippen LogP contribution in [0.2, 0.25) is 0 Å². The molecular formula is C8H16N2O2. The van der Waals surface area contributed by atoms with Gasteiger partial charge < -0.3 is 20.1 Å². The van der Waals surface area contributed by atoms with Gasteiger partial charge in [0, 0.05) is 25.2 Å². The molecule has 2 atom stereocenters. The molecule has 12 heavy (non-hydrogen) atoms. The smallest absolute Gasteiger partial charge is 0.0701 e. The highest BCUT2D eigenvalue weighted by molar-refractivity contribution is 4.83. The van der Waals surface area contributed by atoms with Crippen LogP contribution in [0.1, 0.15) is 0 Å². The van der Waals surface area contributed by atoms with Crippen LogP contribution in [0.15, 0.2) is 0 Å². The van der Waals surface area contributed by atoms with Crippen molar-refractivity contribution in [3.8, 4) is 0 Å². The van der Waals surface area contributed by atoms with Crippen molar-refractivity contribution >= 4 is 0 Å². The molecule has 0 amide bonds. The molecule has 2 unspecified atom stereocenters. The van der Waals surface area contributed by atoms with Crippen molar-refractivity contribution in [2.24, 2.45) is 0 Å². The van der Waals surface area contributed by atoms with E-state index in [0.717, 1.165) is 39.5 Å². The largest absolute Gasteiger partial charge is 0.377 e. The average molecular weight is 172 g/mol. The molecule has 2 rings (SSSR count). The van der Waals surface area contributed by atoms with Crippen molar-refractivity contribution in [2.75, 3.05) is 39.5 Å². The first-order valence-corrected chi connectivity index (χ1v) is 4.57. The van der Waals surface area contributed by atoms with E-state index in [0.29, 0.717) is 12.1 Å². The van der Waals surface area contributed by atoms with E-state index in [4.69, 9.17) is 9.47 Å². The fraction of sp³-hybridized carbons (Fsp3) is 1.00. The minimum Gasteiger partial charge on any atom is -0.377 e. The number of ether oxygens (including phenoxy) is 2. The third-order valence-electron chi connectivity index (χ3n) is 2.00. The van der Waals surface area contributed by atoms with Crippen molar-refractivity contribution in [3.63, 3.8) is 0 Å². The van der Waals surface area contributed by atoms with Crippen LogP contribution in [0.5, 0.6) is 0 Å². The van der Waals surface area contributed by atoms with Gasteiger partial charge in [0.05, 0.1) is 26.4 Å². The lowest BCUT2D eigenvalue weighted by atomic mass is 10.5. The number of rotatable bonds is 7. The molecule has 2 aliphatic heterocycles. The first-order valence-electron chi connectivity index (χ1n) is 4.57. The SMILES string of the molecule is C(COCC1CN1)OCC1CN1. The van der Waals surface area contributed by atoms with Crippen molar-refractivity contribution in [1.29, 1.82) is 0 Å². The normalized spacial score (nSPS) is 32.0. The second-order valence-electron chi connectivity index (χ2n) is 3.36. The molecular weight excluding hydrogens is 156 g/mol. The lowest BCUT2D eigenvalue weighted by Crippen LogP contribution is -2.12. The molecule has 70 valence electrons. The summed E-state index contributed by atoms with van der Waals surface area (Å²) < 4.78 is 10.7. The van der Waals surface area contributed by atoms with Crippen LogP contribution < -0.4 is 10.6 Å². The van der Waals surface area contributed by atoms with E-state index in [2.05, 4.69) is 10.6 Å². The Labute approximate surface area is 72.6 Å². The molecule has 0 spiro atoms. The van der Waals surface area contributed by atoms with Gasteiger partial charge in [0.25, 0.3) is 0 Å². The van der Waals surface area contributed by atoms with Crippen molar-refractivity contribution in [1.82, 2.24) is 10.6 Å². The Morgan fingerprint density at radius 3 is 1.67 bits per heavy atom. The Kier molecular flexibility index (Phi) is 2.94. The van der Waals surface area contributed by atoms with Crippen LogP contribution in [0.3, 0.4) is 0 Å². The van der Waals surface area contributed by atoms with Gasteiger partial charge in [-0.05, 0) is 0 Å². The van der Waals surface area contributed by atoms with Gasteiger partial charge in [-0.15, -0.1) is 0 Å². The van der Waals surface area contributed by atoms with Crippen LogP contribution in [-0.4, -0.2) is 51.6 Å². The Morgan fingerprint density at radius 1 is 0.917 bits per heavy atom. The van der Waals surface area contributed by atoms with E-state index in [1.807, 2.05) is 0 Å². The predicted octanol–water partition coefficient (Wildman–Crippen LogP) is -1.04. The topological polar surface area (TPSA) is 62.3 Å². The lowest BCUT2D eigenvalue weighted by molar-refractivity contribution is 0.0494.